The van der Waals surface area contributed by atoms with E-state index in [1.165, 1.54) is 12.8 Å². The van der Waals surface area contributed by atoms with Crippen LogP contribution in [-0.2, 0) is 9.53 Å². The summed E-state index contributed by atoms with van der Waals surface area (Å²) in [4.78, 5) is 11.9. The minimum atomic E-state index is -0.562. The van der Waals surface area contributed by atoms with Crippen molar-refractivity contribution in [1.82, 2.24) is 0 Å². The zero-order valence-electron chi connectivity index (χ0n) is 8.63. The molecule has 0 aromatic rings. The third-order valence-corrected chi connectivity index (χ3v) is 3.42. The van der Waals surface area contributed by atoms with E-state index in [0.717, 1.165) is 12.3 Å². The van der Waals surface area contributed by atoms with Crippen molar-refractivity contribution < 1.29 is 9.53 Å². The predicted molar refractivity (Wildman–Crippen MR) is 53.9 cm³/mol. The van der Waals surface area contributed by atoms with Gasteiger partial charge >= 0.3 is 0 Å². The molecular formula is C11H19NO2. The van der Waals surface area contributed by atoms with Crippen molar-refractivity contribution in [2.75, 3.05) is 13.2 Å². The van der Waals surface area contributed by atoms with Crippen LogP contribution in [0, 0.1) is 5.92 Å². The molecule has 0 unspecified atom stereocenters. The van der Waals surface area contributed by atoms with Crippen molar-refractivity contribution >= 4 is 5.78 Å². The molecule has 0 bridgehead atoms. The Bertz CT molecular complexity index is 217. The van der Waals surface area contributed by atoms with E-state index < -0.39 is 5.54 Å². The average Bonchev–Trinajstić information content (AvgIpc) is 2.99. The van der Waals surface area contributed by atoms with Gasteiger partial charge in [0.2, 0.25) is 0 Å². The molecule has 3 heteroatoms. The number of Topliss-reactive ketones (excluding diaryl/α,β-unsaturated/α-hetero) is 1. The molecule has 0 spiro atoms. The number of ketones is 1. The first-order valence-electron chi connectivity index (χ1n) is 5.61. The van der Waals surface area contributed by atoms with Gasteiger partial charge in [0.05, 0.1) is 5.54 Å². The predicted octanol–water partition coefficient (Wildman–Crippen LogP) is 1.25. The van der Waals surface area contributed by atoms with Crippen LogP contribution in [0.2, 0.25) is 0 Å². The highest BCUT2D eigenvalue weighted by Crippen LogP contribution is 2.34. The molecule has 2 N–H and O–H groups in total. The third kappa shape index (κ3) is 2.34. The SMILES string of the molecule is NC1(C(=O)CCC2CC2)CCOCC1. The quantitative estimate of drug-likeness (QED) is 0.738. The molecule has 2 fully saturated rings. The second kappa shape index (κ2) is 3.99. The van der Waals surface area contributed by atoms with Crippen LogP contribution in [0.25, 0.3) is 0 Å². The first-order chi connectivity index (χ1) is 6.71. The fraction of sp³-hybridized carbons (Fsp3) is 0.909. The lowest BCUT2D eigenvalue weighted by molar-refractivity contribution is -0.127. The van der Waals surface area contributed by atoms with E-state index in [-0.39, 0.29) is 5.78 Å². The van der Waals surface area contributed by atoms with Crippen molar-refractivity contribution in [3.63, 3.8) is 0 Å². The van der Waals surface area contributed by atoms with Gasteiger partial charge in [-0.25, -0.2) is 0 Å². The van der Waals surface area contributed by atoms with Gasteiger partial charge in [-0.2, -0.15) is 0 Å². The van der Waals surface area contributed by atoms with Gasteiger partial charge in [-0.1, -0.05) is 12.8 Å². The van der Waals surface area contributed by atoms with Crippen molar-refractivity contribution in [2.45, 2.75) is 44.1 Å². The number of carbonyl (C=O) groups is 1. The summed E-state index contributed by atoms with van der Waals surface area (Å²) in [7, 11) is 0. The Morgan fingerprint density at radius 1 is 1.36 bits per heavy atom. The van der Waals surface area contributed by atoms with Crippen LogP contribution in [0.5, 0.6) is 0 Å². The van der Waals surface area contributed by atoms with Crippen LogP contribution in [0.3, 0.4) is 0 Å². The number of rotatable bonds is 4. The monoisotopic (exact) mass is 197 g/mol. The molecule has 0 aromatic carbocycles. The van der Waals surface area contributed by atoms with Gasteiger partial charge in [-0.3, -0.25) is 4.79 Å². The van der Waals surface area contributed by atoms with Crippen LogP contribution in [0.15, 0.2) is 0 Å². The van der Waals surface area contributed by atoms with Gasteiger partial charge in [0.1, 0.15) is 0 Å². The zero-order chi connectivity index (χ0) is 10.0. The second-order valence-corrected chi connectivity index (χ2v) is 4.67. The molecule has 0 atom stereocenters. The summed E-state index contributed by atoms with van der Waals surface area (Å²) in [6, 6.07) is 0. The standard InChI is InChI=1S/C11H19NO2/c12-11(5-7-14-8-6-11)10(13)4-3-9-1-2-9/h9H,1-8,12H2. The molecule has 1 saturated carbocycles. The average molecular weight is 197 g/mol. The van der Waals surface area contributed by atoms with E-state index in [4.69, 9.17) is 10.5 Å². The lowest BCUT2D eigenvalue weighted by atomic mass is 9.84. The van der Waals surface area contributed by atoms with Crippen LogP contribution in [0.1, 0.15) is 38.5 Å². The molecule has 2 rings (SSSR count). The molecule has 0 amide bonds. The Balaban J connectivity index is 1.80. The van der Waals surface area contributed by atoms with Crippen molar-refractivity contribution in [2.24, 2.45) is 11.7 Å². The van der Waals surface area contributed by atoms with Gasteiger partial charge in [0, 0.05) is 19.6 Å². The summed E-state index contributed by atoms with van der Waals surface area (Å²) in [5.74, 6) is 1.08. The molecule has 2 aliphatic rings. The van der Waals surface area contributed by atoms with Gasteiger partial charge < -0.3 is 10.5 Å². The minimum Gasteiger partial charge on any atom is -0.381 e. The number of hydrogen-bond donors (Lipinski definition) is 1. The van der Waals surface area contributed by atoms with E-state index in [2.05, 4.69) is 0 Å². The van der Waals surface area contributed by atoms with Gasteiger partial charge in [0.25, 0.3) is 0 Å². The zero-order valence-corrected chi connectivity index (χ0v) is 8.63. The van der Waals surface area contributed by atoms with Crippen molar-refractivity contribution in [3.8, 4) is 0 Å². The van der Waals surface area contributed by atoms with E-state index in [9.17, 15) is 4.79 Å². The fourth-order valence-corrected chi connectivity index (χ4v) is 2.01. The highest BCUT2D eigenvalue weighted by molar-refractivity contribution is 5.88. The smallest absolute Gasteiger partial charge is 0.152 e. The van der Waals surface area contributed by atoms with Crippen molar-refractivity contribution in [3.05, 3.63) is 0 Å². The second-order valence-electron chi connectivity index (χ2n) is 4.67. The van der Waals surface area contributed by atoms with Crippen LogP contribution in [-0.4, -0.2) is 24.5 Å². The third-order valence-electron chi connectivity index (χ3n) is 3.42. The molecule has 0 aromatic heterocycles. The lowest BCUT2D eigenvalue weighted by Gasteiger charge is -2.31. The largest absolute Gasteiger partial charge is 0.381 e. The first-order valence-corrected chi connectivity index (χ1v) is 5.61. The summed E-state index contributed by atoms with van der Waals surface area (Å²) < 4.78 is 5.22. The summed E-state index contributed by atoms with van der Waals surface area (Å²) >= 11 is 0. The van der Waals surface area contributed by atoms with Crippen LogP contribution in [0.4, 0.5) is 0 Å². The van der Waals surface area contributed by atoms with E-state index >= 15 is 0 Å². The maximum Gasteiger partial charge on any atom is 0.152 e. The molecule has 3 nitrogen and oxygen atoms in total. The highest BCUT2D eigenvalue weighted by atomic mass is 16.5. The number of hydrogen-bond acceptors (Lipinski definition) is 3. The number of carbonyl (C=O) groups excluding carboxylic acids is 1. The molecular weight excluding hydrogens is 178 g/mol. The number of ether oxygens (including phenoxy) is 1. The maximum absolute atomic E-state index is 11.9. The van der Waals surface area contributed by atoms with E-state index in [1.807, 2.05) is 0 Å². The van der Waals surface area contributed by atoms with Crippen LogP contribution < -0.4 is 5.73 Å². The Morgan fingerprint density at radius 2 is 2.00 bits per heavy atom. The Labute approximate surface area is 85.0 Å². The van der Waals surface area contributed by atoms with Gasteiger partial charge in [-0.15, -0.1) is 0 Å². The topological polar surface area (TPSA) is 52.3 Å². The molecule has 1 aliphatic heterocycles. The molecule has 80 valence electrons. The van der Waals surface area contributed by atoms with Gasteiger partial charge in [-0.05, 0) is 25.2 Å². The molecule has 0 radical (unpaired) electrons. The minimum absolute atomic E-state index is 0.257. The Morgan fingerprint density at radius 3 is 2.57 bits per heavy atom. The first kappa shape index (κ1) is 10.1. The molecule has 1 aliphatic carbocycles. The highest BCUT2D eigenvalue weighted by Gasteiger charge is 2.36. The summed E-state index contributed by atoms with van der Waals surface area (Å²) in [5, 5.41) is 0. The summed E-state index contributed by atoms with van der Waals surface area (Å²) in [6.07, 6.45) is 5.77. The Hall–Kier alpha value is -0.410. The summed E-state index contributed by atoms with van der Waals surface area (Å²) in [6.45, 7) is 1.29. The number of nitrogens with two attached hydrogens (primary N) is 1. The van der Waals surface area contributed by atoms with E-state index in [0.29, 0.717) is 32.5 Å². The van der Waals surface area contributed by atoms with Crippen LogP contribution >= 0.6 is 0 Å². The molecule has 14 heavy (non-hydrogen) atoms. The fourth-order valence-electron chi connectivity index (χ4n) is 2.01. The van der Waals surface area contributed by atoms with Gasteiger partial charge in [0.15, 0.2) is 5.78 Å². The molecule has 1 heterocycles. The van der Waals surface area contributed by atoms with Crippen molar-refractivity contribution in [1.29, 1.82) is 0 Å². The lowest BCUT2D eigenvalue weighted by Crippen LogP contribution is -2.51. The molecule has 1 saturated heterocycles. The summed E-state index contributed by atoms with van der Waals surface area (Å²) in [5.41, 5.74) is 5.52. The van der Waals surface area contributed by atoms with E-state index in [1.54, 1.807) is 0 Å². The maximum atomic E-state index is 11.9. The normalized spacial score (nSPS) is 26.1. The Kier molecular flexibility index (Phi) is 2.88.